The molecule has 0 saturated heterocycles. The van der Waals surface area contributed by atoms with Crippen molar-refractivity contribution in [1.29, 1.82) is 0 Å². The number of amides is 1. The van der Waals surface area contributed by atoms with Gasteiger partial charge in [-0.05, 0) is 34.7 Å². The highest BCUT2D eigenvalue weighted by molar-refractivity contribution is 9.12. The van der Waals surface area contributed by atoms with E-state index in [0.29, 0.717) is 23.5 Å². The highest BCUT2D eigenvalue weighted by Crippen LogP contribution is 2.19. The smallest absolute Gasteiger partial charge is 0.253 e. The molecule has 0 fully saturated rings. The summed E-state index contributed by atoms with van der Waals surface area (Å²) in [6.07, 6.45) is 0. The Morgan fingerprint density at radius 1 is 1.14 bits per heavy atom. The van der Waals surface area contributed by atoms with Gasteiger partial charge in [-0.25, -0.2) is 0 Å². The van der Waals surface area contributed by atoms with Crippen LogP contribution in [0.5, 0.6) is 0 Å². The molecule has 0 heterocycles. The molecule has 4 nitrogen and oxygen atoms in total. The maximum atomic E-state index is 12.1. The number of carbonyl (C=O) groups is 1. The minimum atomic E-state index is -0.246. The van der Waals surface area contributed by atoms with Gasteiger partial charge in [-0.1, -0.05) is 24.1 Å². The topological polar surface area (TPSA) is 81.1 Å². The lowest BCUT2D eigenvalue weighted by atomic mass is 10.1. The standard InChI is InChI=1S/C16H14BrN3O/c17-9-8-11-4-6-12(7-5-11)10-20-16(21)13-2-1-3-14(18)15(13)19/h1-7H,10,18-19H2,(H,20,21). The molecule has 2 aromatic carbocycles. The first-order valence-electron chi connectivity index (χ1n) is 6.24. The molecule has 106 valence electrons. The van der Waals surface area contributed by atoms with E-state index in [9.17, 15) is 4.79 Å². The van der Waals surface area contributed by atoms with Crippen molar-refractivity contribution in [3.05, 3.63) is 59.2 Å². The number of para-hydroxylation sites is 1. The fourth-order valence-corrected chi connectivity index (χ4v) is 2.05. The largest absolute Gasteiger partial charge is 0.397 e. The zero-order valence-corrected chi connectivity index (χ0v) is 12.8. The van der Waals surface area contributed by atoms with E-state index in [-0.39, 0.29) is 5.91 Å². The molecule has 5 heteroatoms. The Morgan fingerprint density at radius 2 is 1.86 bits per heavy atom. The van der Waals surface area contributed by atoms with E-state index < -0.39 is 0 Å². The normalized spacial score (nSPS) is 9.57. The number of hydrogen-bond acceptors (Lipinski definition) is 3. The van der Waals surface area contributed by atoms with E-state index in [1.807, 2.05) is 24.3 Å². The quantitative estimate of drug-likeness (QED) is 0.591. The van der Waals surface area contributed by atoms with Gasteiger partial charge in [0.25, 0.3) is 5.91 Å². The minimum absolute atomic E-state index is 0.246. The Hall–Kier alpha value is -2.45. The molecule has 0 unspecified atom stereocenters. The molecular formula is C16H14BrN3O. The van der Waals surface area contributed by atoms with Crippen LogP contribution in [0.2, 0.25) is 0 Å². The lowest BCUT2D eigenvalue weighted by Gasteiger charge is -2.09. The lowest BCUT2D eigenvalue weighted by Crippen LogP contribution is -2.24. The van der Waals surface area contributed by atoms with Crippen molar-refractivity contribution in [3.63, 3.8) is 0 Å². The van der Waals surface area contributed by atoms with E-state index in [1.54, 1.807) is 18.2 Å². The minimum Gasteiger partial charge on any atom is -0.397 e. The van der Waals surface area contributed by atoms with E-state index in [4.69, 9.17) is 11.5 Å². The average Bonchev–Trinajstić information content (AvgIpc) is 2.49. The second kappa shape index (κ2) is 6.82. The predicted octanol–water partition coefficient (Wildman–Crippen LogP) is 2.48. The van der Waals surface area contributed by atoms with E-state index in [0.717, 1.165) is 11.1 Å². The summed E-state index contributed by atoms with van der Waals surface area (Å²) in [7, 11) is 0. The zero-order valence-electron chi connectivity index (χ0n) is 11.2. The monoisotopic (exact) mass is 343 g/mol. The van der Waals surface area contributed by atoms with Crippen molar-refractivity contribution in [2.75, 3.05) is 11.5 Å². The summed E-state index contributed by atoms with van der Waals surface area (Å²) in [5.41, 5.74) is 14.5. The molecule has 0 saturated carbocycles. The number of nitrogens with two attached hydrogens (primary N) is 2. The summed E-state index contributed by atoms with van der Waals surface area (Å²) >= 11 is 3.05. The number of rotatable bonds is 3. The highest BCUT2D eigenvalue weighted by atomic mass is 79.9. The first kappa shape index (κ1) is 14.9. The van der Waals surface area contributed by atoms with Gasteiger partial charge in [-0.2, -0.15) is 0 Å². The van der Waals surface area contributed by atoms with Crippen molar-refractivity contribution >= 4 is 33.2 Å². The predicted molar refractivity (Wildman–Crippen MR) is 88.7 cm³/mol. The van der Waals surface area contributed by atoms with Crippen LogP contribution < -0.4 is 16.8 Å². The van der Waals surface area contributed by atoms with Crippen LogP contribution in [-0.2, 0) is 6.54 Å². The van der Waals surface area contributed by atoms with Gasteiger partial charge in [-0.15, -0.1) is 0 Å². The van der Waals surface area contributed by atoms with Gasteiger partial charge in [-0.3, -0.25) is 4.79 Å². The van der Waals surface area contributed by atoms with Crippen molar-refractivity contribution in [3.8, 4) is 10.8 Å². The molecule has 0 aliphatic rings. The third-order valence-corrected chi connectivity index (χ3v) is 3.18. The molecule has 0 spiro atoms. The first-order chi connectivity index (χ1) is 10.1. The Labute approximate surface area is 131 Å². The third kappa shape index (κ3) is 3.77. The van der Waals surface area contributed by atoms with Crippen LogP contribution in [0.25, 0.3) is 0 Å². The van der Waals surface area contributed by atoms with Crippen LogP contribution in [0.15, 0.2) is 42.5 Å². The molecule has 0 aromatic heterocycles. The van der Waals surface area contributed by atoms with Crippen molar-refractivity contribution in [2.24, 2.45) is 0 Å². The van der Waals surface area contributed by atoms with Crippen LogP contribution >= 0.6 is 15.9 Å². The number of carbonyl (C=O) groups excluding carboxylic acids is 1. The summed E-state index contributed by atoms with van der Waals surface area (Å²) in [5.74, 6) is 2.64. The molecule has 21 heavy (non-hydrogen) atoms. The number of nitrogen functional groups attached to an aromatic ring is 2. The number of anilines is 2. The molecule has 1 amide bonds. The third-order valence-electron chi connectivity index (χ3n) is 2.98. The zero-order chi connectivity index (χ0) is 15.2. The van der Waals surface area contributed by atoms with Crippen LogP contribution in [0.3, 0.4) is 0 Å². The molecule has 0 radical (unpaired) electrons. The van der Waals surface area contributed by atoms with Crippen LogP contribution in [0.4, 0.5) is 11.4 Å². The van der Waals surface area contributed by atoms with E-state index >= 15 is 0 Å². The molecule has 0 bridgehead atoms. The number of benzene rings is 2. The molecule has 2 rings (SSSR count). The molecule has 2 aromatic rings. The number of nitrogens with one attached hydrogen (secondary N) is 1. The van der Waals surface area contributed by atoms with Gasteiger partial charge < -0.3 is 16.8 Å². The summed E-state index contributed by atoms with van der Waals surface area (Å²) in [4.78, 5) is 14.7. The first-order valence-corrected chi connectivity index (χ1v) is 7.04. The van der Waals surface area contributed by atoms with Gasteiger partial charge in [0.15, 0.2) is 0 Å². The SMILES string of the molecule is Nc1cccc(C(=O)NCc2ccc(C#CBr)cc2)c1N. The Bertz CT molecular complexity index is 715. The fourth-order valence-electron chi connectivity index (χ4n) is 1.82. The molecular weight excluding hydrogens is 330 g/mol. The van der Waals surface area contributed by atoms with Gasteiger partial charge in [0.05, 0.1) is 16.9 Å². The molecule has 0 aliphatic carbocycles. The van der Waals surface area contributed by atoms with Crippen molar-refractivity contribution < 1.29 is 4.79 Å². The lowest BCUT2D eigenvalue weighted by molar-refractivity contribution is 0.0952. The summed E-state index contributed by atoms with van der Waals surface area (Å²) in [6.45, 7) is 0.412. The maximum absolute atomic E-state index is 12.1. The molecule has 0 aliphatic heterocycles. The second-order valence-corrected chi connectivity index (χ2v) is 4.80. The van der Waals surface area contributed by atoms with Gasteiger partial charge in [0, 0.05) is 28.0 Å². The van der Waals surface area contributed by atoms with Gasteiger partial charge in [0.1, 0.15) is 0 Å². The van der Waals surface area contributed by atoms with Gasteiger partial charge >= 0.3 is 0 Å². The fraction of sp³-hybridized carbons (Fsp3) is 0.0625. The Balaban J connectivity index is 2.03. The maximum Gasteiger partial charge on any atom is 0.253 e. The Morgan fingerprint density at radius 3 is 2.52 bits per heavy atom. The summed E-state index contributed by atoms with van der Waals surface area (Å²) in [6, 6.07) is 12.6. The van der Waals surface area contributed by atoms with E-state index in [1.165, 1.54) is 0 Å². The second-order valence-electron chi connectivity index (χ2n) is 4.41. The summed E-state index contributed by atoms with van der Waals surface area (Å²) < 4.78 is 0. The molecule has 0 atom stereocenters. The van der Waals surface area contributed by atoms with Crippen molar-refractivity contribution in [1.82, 2.24) is 5.32 Å². The summed E-state index contributed by atoms with van der Waals surface area (Å²) in [5, 5.41) is 2.81. The van der Waals surface area contributed by atoms with Crippen molar-refractivity contribution in [2.45, 2.75) is 6.54 Å². The van der Waals surface area contributed by atoms with E-state index in [2.05, 4.69) is 32.0 Å². The molecule has 5 N–H and O–H groups in total. The number of hydrogen-bond donors (Lipinski definition) is 3. The average molecular weight is 344 g/mol. The Kier molecular flexibility index (Phi) is 4.85. The van der Waals surface area contributed by atoms with Gasteiger partial charge in [0.2, 0.25) is 0 Å². The number of halogens is 1. The highest BCUT2D eigenvalue weighted by Gasteiger charge is 2.10. The van der Waals surface area contributed by atoms with Crippen LogP contribution in [0, 0.1) is 10.8 Å². The van der Waals surface area contributed by atoms with Crippen LogP contribution in [0.1, 0.15) is 21.5 Å². The van der Waals surface area contributed by atoms with Crippen LogP contribution in [-0.4, -0.2) is 5.91 Å².